The van der Waals surface area contributed by atoms with Crippen molar-refractivity contribution in [2.24, 2.45) is 0 Å². The van der Waals surface area contributed by atoms with Crippen LogP contribution >= 0.6 is 0 Å². The Morgan fingerprint density at radius 2 is 2.05 bits per heavy atom. The molecule has 1 aromatic carbocycles. The van der Waals surface area contributed by atoms with Gasteiger partial charge in [-0.2, -0.15) is 0 Å². The van der Waals surface area contributed by atoms with Crippen LogP contribution in [0.15, 0.2) is 47.4 Å². The summed E-state index contributed by atoms with van der Waals surface area (Å²) in [6, 6.07) is 11.0. The Labute approximate surface area is 121 Å². The topological polar surface area (TPSA) is 77.8 Å². The summed E-state index contributed by atoms with van der Waals surface area (Å²) in [5, 5.41) is 3.80. The largest absolute Gasteiger partial charge is 0.351 e. The Morgan fingerprint density at radius 3 is 2.86 bits per heavy atom. The Morgan fingerprint density at radius 1 is 1.19 bits per heavy atom. The van der Waals surface area contributed by atoms with Gasteiger partial charge in [-0.05, 0) is 36.2 Å². The van der Waals surface area contributed by atoms with Gasteiger partial charge in [0.2, 0.25) is 5.56 Å². The van der Waals surface area contributed by atoms with Crippen molar-refractivity contribution in [3.63, 3.8) is 0 Å². The SMILES string of the molecule is Cc1ccc2cc(C(=O)NCc3cc[nH]c(=O)c3)[nH]c2c1. The smallest absolute Gasteiger partial charge is 0.267 e. The average molecular weight is 281 g/mol. The molecule has 106 valence electrons. The predicted molar refractivity (Wildman–Crippen MR) is 81.3 cm³/mol. The van der Waals surface area contributed by atoms with Crippen LogP contribution in [0.5, 0.6) is 0 Å². The third kappa shape index (κ3) is 2.86. The normalized spacial score (nSPS) is 10.7. The van der Waals surface area contributed by atoms with Gasteiger partial charge in [-0.1, -0.05) is 12.1 Å². The number of aryl methyl sites for hydroxylation is 1. The third-order valence-corrected chi connectivity index (χ3v) is 3.32. The molecule has 0 bridgehead atoms. The lowest BCUT2D eigenvalue weighted by Gasteiger charge is -2.03. The molecule has 3 rings (SSSR count). The maximum Gasteiger partial charge on any atom is 0.267 e. The molecular formula is C16H15N3O2. The third-order valence-electron chi connectivity index (χ3n) is 3.32. The molecule has 0 saturated carbocycles. The molecule has 0 unspecified atom stereocenters. The highest BCUT2D eigenvalue weighted by molar-refractivity contribution is 5.98. The number of amides is 1. The van der Waals surface area contributed by atoms with E-state index in [0.29, 0.717) is 12.2 Å². The molecule has 2 aromatic heterocycles. The van der Waals surface area contributed by atoms with Crippen molar-refractivity contribution in [1.82, 2.24) is 15.3 Å². The molecule has 0 radical (unpaired) electrons. The van der Waals surface area contributed by atoms with E-state index in [2.05, 4.69) is 15.3 Å². The van der Waals surface area contributed by atoms with Crippen LogP contribution in [0.1, 0.15) is 21.6 Å². The monoisotopic (exact) mass is 281 g/mol. The summed E-state index contributed by atoms with van der Waals surface area (Å²) < 4.78 is 0. The Hall–Kier alpha value is -2.82. The molecule has 0 spiro atoms. The molecule has 0 fully saturated rings. The summed E-state index contributed by atoms with van der Waals surface area (Å²) in [7, 11) is 0. The van der Waals surface area contributed by atoms with Gasteiger partial charge in [-0.15, -0.1) is 0 Å². The van der Waals surface area contributed by atoms with Gasteiger partial charge in [0.15, 0.2) is 0 Å². The molecule has 2 heterocycles. The van der Waals surface area contributed by atoms with Crippen LogP contribution < -0.4 is 10.9 Å². The van der Waals surface area contributed by atoms with Crippen LogP contribution in [-0.4, -0.2) is 15.9 Å². The first kappa shape index (κ1) is 13.2. The zero-order valence-electron chi connectivity index (χ0n) is 11.6. The standard InChI is InChI=1S/C16H15N3O2/c1-10-2-3-12-8-14(19-13(12)6-10)16(21)18-9-11-4-5-17-15(20)7-11/h2-8,19H,9H2,1H3,(H,17,20)(H,18,21). The number of hydrogen-bond acceptors (Lipinski definition) is 2. The van der Waals surface area contributed by atoms with Crippen molar-refractivity contribution < 1.29 is 4.79 Å². The lowest BCUT2D eigenvalue weighted by atomic mass is 10.2. The van der Waals surface area contributed by atoms with Gasteiger partial charge in [0, 0.05) is 29.7 Å². The molecule has 1 amide bonds. The van der Waals surface area contributed by atoms with Crippen molar-refractivity contribution >= 4 is 16.8 Å². The van der Waals surface area contributed by atoms with Crippen LogP contribution in [0.3, 0.4) is 0 Å². The molecule has 0 aliphatic heterocycles. The highest BCUT2D eigenvalue weighted by Gasteiger charge is 2.09. The highest BCUT2D eigenvalue weighted by Crippen LogP contribution is 2.16. The maximum absolute atomic E-state index is 12.1. The number of aromatic nitrogens is 2. The van der Waals surface area contributed by atoms with Crippen molar-refractivity contribution in [2.75, 3.05) is 0 Å². The number of pyridine rings is 1. The fourth-order valence-corrected chi connectivity index (χ4v) is 2.24. The van der Waals surface area contributed by atoms with E-state index < -0.39 is 0 Å². The number of H-pyrrole nitrogens is 2. The van der Waals surface area contributed by atoms with Crippen LogP contribution in [0.4, 0.5) is 0 Å². The molecule has 0 atom stereocenters. The van der Waals surface area contributed by atoms with Gasteiger partial charge in [-0.3, -0.25) is 9.59 Å². The molecular weight excluding hydrogens is 266 g/mol. The minimum atomic E-state index is -0.191. The van der Waals surface area contributed by atoms with Crippen molar-refractivity contribution in [3.8, 4) is 0 Å². The van der Waals surface area contributed by atoms with Gasteiger partial charge in [-0.25, -0.2) is 0 Å². The zero-order valence-corrected chi connectivity index (χ0v) is 11.6. The fourth-order valence-electron chi connectivity index (χ4n) is 2.24. The lowest BCUT2D eigenvalue weighted by molar-refractivity contribution is 0.0946. The van der Waals surface area contributed by atoms with E-state index in [1.807, 2.05) is 31.2 Å². The molecule has 21 heavy (non-hydrogen) atoms. The van der Waals surface area contributed by atoms with Crippen LogP contribution in [0.2, 0.25) is 0 Å². The summed E-state index contributed by atoms with van der Waals surface area (Å²) >= 11 is 0. The van der Waals surface area contributed by atoms with E-state index in [0.717, 1.165) is 22.0 Å². The van der Waals surface area contributed by atoms with E-state index in [1.165, 1.54) is 6.07 Å². The summed E-state index contributed by atoms with van der Waals surface area (Å²) in [5.41, 5.74) is 3.18. The summed E-state index contributed by atoms with van der Waals surface area (Å²) in [6.07, 6.45) is 1.57. The molecule has 0 aliphatic rings. The quantitative estimate of drug-likeness (QED) is 0.687. The van der Waals surface area contributed by atoms with E-state index >= 15 is 0 Å². The first-order valence-electron chi connectivity index (χ1n) is 6.67. The van der Waals surface area contributed by atoms with Gasteiger partial charge >= 0.3 is 0 Å². The van der Waals surface area contributed by atoms with E-state index in [9.17, 15) is 9.59 Å². The minimum Gasteiger partial charge on any atom is -0.351 e. The van der Waals surface area contributed by atoms with Gasteiger partial charge < -0.3 is 15.3 Å². The highest BCUT2D eigenvalue weighted by atomic mass is 16.2. The minimum absolute atomic E-state index is 0.178. The summed E-state index contributed by atoms with van der Waals surface area (Å²) in [4.78, 5) is 29.0. The number of benzene rings is 1. The number of carbonyl (C=O) groups excluding carboxylic acids is 1. The number of rotatable bonds is 3. The number of carbonyl (C=O) groups is 1. The second-order valence-electron chi connectivity index (χ2n) is 5.02. The first-order chi connectivity index (χ1) is 10.1. The van der Waals surface area contributed by atoms with Crippen LogP contribution in [-0.2, 0) is 6.54 Å². The van der Waals surface area contributed by atoms with Gasteiger partial charge in [0.05, 0.1) is 0 Å². The van der Waals surface area contributed by atoms with E-state index in [4.69, 9.17) is 0 Å². The molecule has 3 aromatic rings. The molecule has 5 nitrogen and oxygen atoms in total. The first-order valence-corrected chi connectivity index (χ1v) is 6.67. The predicted octanol–water partition coefficient (Wildman–Crippen LogP) is 2.09. The van der Waals surface area contributed by atoms with Crippen LogP contribution in [0, 0.1) is 6.92 Å². The summed E-state index contributed by atoms with van der Waals surface area (Å²) in [6.45, 7) is 2.32. The van der Waals surface area contributed by atoms with Crippen molar-refractivity contribution in [2.45, 2.75) is 13.5 Å². The maximum atomic E-state index is 12.1. The Balaban J connectivity index is 1.76. The number of nitrogens with one attached hydrogen (secondary N) is 3. The zero-order chi connectivity index (χ0) is 14.8. The van der Waals surface area contributed by atoms with E-state index in [1.54, 1.807) is 12.3 Å². The second kappa shape index (κ2) is 5.28. The Kier molecular flexibility index (Phi) is 3.31. The molecule has 0 aliphatic carbocycles. The summed E-state index contributed by atoms with van der Waals surface area (Å²) in [5.74, 6) is -0.191. The average Bonchev–Trinajstić information content (AvgIpc) is 2.88. The van der Waals surface area contributed by atoms with Crippen molar-refractivity contribution in [1.29, 1.82) is 0 Å². The second-order valence-corrected chi connectivity index (χ2v) is 5.02. The molecule has 3 N–H and O–H groups in total. The number of hydrogen-bond donors (Lipinski definition) is 3. The fraction of sp³-hybridized carbons (Fsp3) is 0.125. The van der Waals surface area contributed by atoms with E-state index in [-0.39, 0.29) is 11.5 Å². The van der Waals surface area contributed by atoms with Gasteiger partial charge in [0.1, 0.15) is 5.69 Å². The molecule has 0 saturated heterocycles. The van der Waals surface area contributed by atoms with Gasteiger partial charge in [0.25, 0.3) is 5.91 Å². The number of fused-ring (bicyclic) bond motifs is 1. The molecule has 5 heteroatoms. The van der Waals surface area contributed by atoms with Crippen molar-refractivity contribution in [3.05, 3.63) is 69.8 Å². The lowest BCUT2D eigenvalue weighted by Crippen LogP contribution is -2.23. The number of aromatic amines is 2. The van der Waals surface area contributed by atoms with Crippen LogP contribution in [0.25, 0.3) is 10.9 Å². The Bertz CT molecular complexity index is 861.